The van der Waals surface area contributed by atoms with Crippen LogP contribution in [0.15, 0.2) is 42.5 Å². The molecule has 0 radical (unpaired) electrons. The molecule has 1 saturated carbocycles. The number of carbonyl (C=O) groups is 2. The van der Waals surface area contributed by atoms with Gasteiger partial charge in [-0.3, -0.25) is 9.59 Å². The number of rotatable bonds is 3. The van der Waals surface area contributed by atoms with Gasteiger partial charge >= 0.3 is 0 Å². The first-order valence-corrected chi connectivity index (χ1v) is 9.38. The van der Waals surface area contributed by atoms with Crippen LogP contribution in [0.3, 0.4) is 0 Å². The summed E-state index contributed by atoms with van der Waals surface area (Å²) in [6, 6.07) is 13.0. The second kappa shape index (κ2) is 6.60. The molecule has 26 heavy (non-hydrogen) atoms. The number of hydrogen-bond donors (Lipinski definition) is 1. The highest BCUT2D eigenvalue weighted by atomic mass is 35.5. The average Bonchev–Trinajstić information content (AvgIpc) is 3.34. The molecule has 2 amide bonds. The minimum atomic E-state index is -0.322. The molecule has 1 N–H and O–H groups in total. The molecule has 3 unspecified atom stereocenters. The van der Waals surface area contributed by atoms with Gasteiger partial charge in [0, 0.05) is 16.8 Å². The smallest absolute Gasteiger partial charge is 0.231 e. The van der Waals surface area contributed by atoms with Gasteiger partial charge in [0.05, 0.1) is 22.5 Å². The van der Waals surface area contributed by atoms with E-state index in [2.05, 4.69) is 11.4 Å². The first kappa shape index (κ1) is 17.4. The van der Waals surface area contributed by atoms with Gasteiger partial charge < -0.3 is 10.2 Å². The summed E-state index contributed by atoms with van der Waals surface area (Å²) in [5.74, 6) is -0.758. The van der Waals surface area contributed by atoms with Crippen molar-refractivity contribution >= 4 is 46.4 Å². The fourth-order valence-corrected chi connectivity index (χ4v) is 3.99. The van der Waals surface area contributed by atoms with Crippen LogP contribution in [0.4, 0.5) is 11.4 Å². The lowest BCUT2D eigenvalue weighted by Crippen LogP contribution is -2.37. The lowest BCUT2D eigenvalue weighted by molar-refractivity contribution is -0.123. The number of fused-ring (bicyclic) bond motifs is 1. The third-order valence-corrected chi connectivity index (χ3v) is 5.64. The van der Waals surface area contributed by atoms with Crippen molar-refractivity contribution in [2.45, 2.75) is 25.8 Å². The highest BCUT2D eigenvalue weighted by Gasteiger charge is 2.51. The molecular weight excluding hydrogens is 371 g/mol. The third kappa shape index (κ3) is 3.08. The van der Waals surface area contributed by atoms with Gasteiger partial charge in [-0.05, 0) is 49.6 Å². The maximum Gasteiger partial charge on any atom is 0.231 e. The van der Waals surface area contributed by atoms with Crippen molar-refractivity contribution in [2.24, 2.45) is 11.8 Å². The molecule has 1 aliphatic heterocycles. The van der Waals surface area contributed by atoms with E-state index in [1.165, 1.54) is 5.56 Å². The molecule has 0 aromatic heterocycles. The number of nitrogens with zero attached hydrogens (tertiary/aromatic N) is 1. The Morgan fingerprint density at radius 1 is 1.12 bits per heavy atom. The summed E-state index contributed by atoms with van der Waals surface area (Å²) in [6.07, 6.45) is 1.41. The van der Waals surface area contributed by atoms with Crippen LogP contribution in [0, 0.1) is 11.8 Å². The van der Waals surface area contributed by atoms with Crippen LogP contribution in [0.25, 0.3) is 0 Å². The predicted octanol–water partition coefficient (Wildman–Crippen LogP) is 4.55. The van der Waals surface area contributed by atoms with Crippen molar-refractivity contribution in [3.63, 3.8) is 0 Å². The van der Waals surface area contributed by atoms with Gasteiger partial charge in [0.15, 0.2) is 0 Å². The molecule has 4 rings (SSSR count). The van der Waals surface area contributed by atoms with Crippen LogP contribution < -0.4 is 10.2 Å². The van der Waals surface area contributed by atoms with E-state index in [0.717, 1.165) is 12.1 Å². The molecule has 1 fully saturated rings. The number of para-hydroxylation sites is 1. The van der Waals surface area contributed by atoms with E-state index >= 15 is 0 Å². The van der Waals surface area contributed by atoms with Gasteiger partial charge in [-0.1, -0.05) is 41.4 Å². The Morgan fingerprint density at radius 2 is 1.88 bits per heavy atom. The fraction of sp³-hybridized carbons (Fsp3) is 0.300. The maximum absolute atomic E-state index is 13.0. The number of anilines is 2. The maximum atomic E-state index is 13.0. The zero-order valence-corrected chi connectivity index (χ0v) is 15.7. The second-order valence-electron chi connectivity index (χ2n) is 6.95. The Kier molecular flexibility index (Phi) is 4.41. The molecule has 6 heteroatoms. The van der Waals surface area contributed by atoms with Crippen LogP contribution in [-0.2, 0) is 16.0 Å². The zero-order valence-electron chi connectivity index (χ0n) is 14.2. The number of nitrogens with one attached hydrogen (secondary N) is 1. The summed E-state index contributed by atoms with van der Waals surface area (Å²) < 4.78 is 0. The number of carbonyl (C=O) groups excluding carboxylic acids is 2. The number of hydrogen-bond acceptors (Lipinski definition) is 2. The van der Waals surface area contributed by atoms with Crippen molar-refractivity contribution < 1.29 is 9.59 Å². The quantitative estimate of drug-likeness (QED) is 0.838. The predicted molar refractivity (Wildman–Crippen MR) is 104 cm³/mol. The van der Waals surface area contributed by atoms with Crippen molar-refractivity contribution in [1.29, 1.82) is 0 Å². The molecule has 134 valence electrons. The zero-order chi connectivity index (χ0) is 18.4. The summed E-state index contributed by atoms with van der Waals surface area (Å²) in [6.45, 7) is 2.04. The van der Waals surface area contributed by atoms with Crippen LogP contribution in [0.2, 0.25) is 10.0 Å². The molecular formula is C20H18Cl2N2O2. The topological polar surface area (TPSA) is 49.4 Å². The molecule has 3 atom stereocenters. The number of benzene rings is 2. The fourth-order valence-electron chi connectivity index (χ4n) is 3.66. The Bertz CT molecular complexity index is 899. The number of halogens is 2. The molecule has 2 aromatic rings. The highest BCUT2D eigenvalue weighted by Crippen LogP contribution is 2.44. The van der Waals surface area contributed by atoms with Crippen molar-refractivity contribution in [3.8, 4) is 0 Å². The van der Waals surface area contributed by atoms with E-state index in [1.54, 1.807) is 18.2 Å². The lowest BCUT2D eigenvalue weighted by Gasteiger charge is -2.23. The molecule has 0 spiro atoms. The first-order valence-electron chi connectivity index (χ1n) is 8.62. The van der Waals surface area contributed by atoms with Crippen molar-refractivity contribution in [3.05, 3.63) is 58.1 Å². The van der Waals surface area contributed by atoms with Gasteiger partial charge in [-0.2, -0.15) is 0 Å². The number of amides is 2. The molecule has 0 bridgehead atoms. The molecule has 0 saturated heterocycles. The highest BCUT2D eigenvalue weighted by molar-refractivity contribution is 6.35. The Labute approximate surface area is 162 Å². The summed E-state index contributed by atoms with van der Waals surface area (Å²) in [5, 5.41) is 3.71. The van der Waals surface area contributed by atoms with E-state index in [9.17, 15) is 9.59 Å². The van der Waals surface area contributed by atoms with E-state index in [0.29, 0.717) is 22.2 Å². The van der Waals surface area contributed by atoms with E-state index < -0.39 is 0 Å². The Hall–Kier alpha value is -2.04. The summed E-state index contributed by atoms with van der Waals surface area (Å²) >= 11 is 12.0. The Morgan fingerprint density at radius 3 is 2.69 bits per heavy atom. The molecule has 1 aliphatic carbocycles. The normalized spacial score (nSPS) is 23.5. The van der Waals surface area contributed by atoms with E-state index in [4.69, 9.17) is 23.2 Å². The molecule has 2 aliphatic rings. The second-order valence-corrected chi connectivity index (χ2v) is 7.80. The average molecular weight is 389 g/mol. The summed E-state index contributed by atoms with van der Waals surface area (Å²) in [5.41, 5.74) is 2.62. The summed E-state index contributed by atoms with van der Waals surface area (Å²) in [7, 11) is 0. The first-order chi connectivity index (χ1) is 12.5. The standard InChI is InChI=1S/C20H18Cl2N2O2/c1-11-8-12-4-2-3-5-18(12)24(11)20(26)15-10-14(15)19(25)23-17-9-13(21)6-7-16(17)22/h2-7,9,11,14-15H,8,10H2,1H3,(H,23,25). The third-order valence-electron chi connectivity index (χ3n) is 5.08. The SMILES string of the molecule is CC1Cc2ccccc2N1C(=O)C1CC1C(=O)Nc1cc(Cl)ccc1Cl. The van der Waals surface area contributed by atoms with Crippen LogP contribution in [0.1, 0.15) is 18.9 Å². The van der Waals surface area contributed by atoms with Gasteiger partial charge in [-0.25, -0.2) is 0 Å². The van der Waals surface area contributed by atoms with E-state index in [1.807, 2.05) is 30.0 Å². The van der Waals surface area contributed by atoms with Gasteiger partial charge in [-0.15, -0.1) is 0 Å². The van der Waals surface area contributed by atoms with Gasteiger partial charge in [0.1, 0.15) is 0 Å². The minimum Gasteiger partial charge on any atom is -0.324 e. The lowest BCUT2D eigenvalue weighted by atomic mass is 10.1. The Balaban J connectivity index is 1.46. The minimum absolute atomic E-state index is 0.0276. The van der Waals surface area contributed by atoms with Crippen LogP contribution in [-0.4, -0.2) is 17.9 Å². The van der Waals surface area contributed by atoms with Crippen LogP contribution in [0.5, 0.6) is 0 Å². The van der Waals surface area contributed by atoms with Gasteiger partial charge in [0.25, 0.3) is 0 Å². The summed E-state index contributed by atoms with van der Waals surface area (Å²) in [4.78, 5) is 27.3. The largest absolute Gasteiger partial charge is 0.324 e. The van der Waals surface area contributed by atoms with Gasteiger partial charge in [0.2, 0.25) is 11.8 Å². The molecule has 2 aromatic carbocycles. The molecule has 4 nitrogen and oxygen atoms in total. The van der Waals surface area contributed by atoms with Crippen molar-refractivity contribution in [1.82, 2.24) is 0 Å². The van der Waals surface area contributed by atoms with Crippen LogP contribution >= 0.6 is 23.2 Å². The van der Waals surface area contributed by atoms with Crippen molar-refractivity contribution in [2.75, 3.05) is 10.2 Å². The van der Waals surface area contributed by atoms with E-state index in [-0.39, 0.29) is 29.7 Å². The monoisotopic (exact) mass is 388 g/mol. The molecule has 1 heterocycles.